The Hall–Kier alpha value is -0.670. The van der Waals surface area contributed by atoms with Gasteiger partial charge in [-0.05, 0) is 0 Å². The van der Waals surface area contributed by atoms with E-state index in [9.17, 15) is 8.42 Å². The average molecular weight is 281 g/mol. The number of nitrogens with zero attached hydrogens (tertiary/aromatic N) is 3. The Labute approximate surface area is 104 Å². The van der Waals surface area contributed by atoms with Crippen LogP contribution in [0.15, 0.2) is 11.4 Å². The van der Waals surface area contributed by atoms with Crippen LogP contribution in [0.5, 0.6) is 0 Å². The number of hydrogen-bond donors (Lipinski definition) is 1. The first-order valence-electron chi connectivity index (χ1n) is 5.02. The van der Waals surface area contributed by atoms with Crippen molar-refractivity contribution < 1.29 is 13.2 Å². The number of nitrogens with one attached hydrogen (secondary N) is 1. The first kappa shape index (κ1) is 12.8. The van der Waals surface area contributed by atoms with Crippen LogP contribution in [0.1, 0.15) is 0 Å². The smallest absolute Gasteiger partial charge is 0.274 e. The molecule has 1 fully saturated rings. The molecule has 9 heteroatoms. The van der Waals surface area contributed by atoms with Crippen molar-refractivity contribution in [2.24, 2.45) is 7.05 Å². The van der Waals surface area contributed by atoms with Crippen molar-refractivity contribution in [3.05, 3.63) is 11.5 Å². The van der Waals surface area contributed by atoms with Crippen LogP contribution in [-0.2, 0) is 21.8 Å². The summed E-state index contributed by atoms with van der Waals surface area (Å²) in [5.74, 6) is 0. The zero-order chi connectivity index (χ0) is 12.5. The predicted molar refractivity (Wildman–Crippen MR) is 60.9 cm³/mol. The number of aryl methyl sites for hydroxylation is 1. The van der Waals surface area contributed by atoms with Gasteiger partial charge in [0.2, 0.25) is 5.03 Å². The number of ether oxygens (including phenoxy) is 1. The lowest BCUT2D eigenvalue weighted by molar-refractivity contribution is 0.0272. The zero-order valence-electron chi connectivity index (χ0n) is 9.26. The van der Waals surface area contributed by atoms with Gasteiger partial charge in [-0.25, -0.2) is 18.4 Å². The lowest BCUT2D eigenvalue weighted by Gasteiger charge is -2.26. The fourth-order valence-corrected chi connectivity index (χ4v) is 3.00. The molecule has 96 valence electrons. The Morgan fingerprint density at radius 3 is 2.65 bits per heavy atom. The molecule has 2 rings (SSSR count). The highest BCUT2D eigenvalue weighted by Gasteiger charge is 2.25. The topological polar surface area (TPSA) is 76.5 Å². The van der Waals surface area contributed by atoms with Crippen molar-refractivity contribution in [3.63, 3.8) is 0 Å². The van der Waals surface area contributed by atoms with Crippen molar-refractivity contribution in [2.45, 2.75) is 5.03 Å². The van der Waals surface area contributed by atoms with Crippen LogP contribution in [0.3, 0.4) is 0 Å². The minimum absolute atomic E-state index is 0.0887. The van der Waals surface area contributed by atoms with E-state index in [0.717, 1.165) is 0 Å². The molecule has 7 nitrogen and oxygen atoms in total. The van der Waals surface area contributed by atoms with Gasteiger partial charge in [-0.1, -0.05) is 11.6 Å². The maximum atomic E-state index is 12.0. The molecule has 2 heterocycles. The Morgan fingerprint density at radius 1 is 1.47 bits per heavy atom. The quantitative estimate of drug-likeness (QED) is 0.815. The van der Waals surface area contributed by atoms with Gasteiger partial charge in [0.1, 0.15) is 5.15 Å². The molecule has 1 aromatic heterocycles. The van der Waals surface area contributed by atoms with Crippen molar-refractivity contribution in [3.8, 4) is 0 Å². The highest BCUT2D eigenvalue weighted by Crippen LogP contribution is 2.18. The lowest BCUT2D eigenvalue weighted by atomic mass is 10.5. The molecular formula is C8H13ClN4O3S. The number of sulfonamides is 1. The van der Waals surface area contributed by atoms with Crippen molar-refractivity contribution in [1.29, 1.82) is 0 Å². The minimum Gasteiger partial charge on any atom is -0.379 e. The van der Waals surface area contributed by atoms with E-state index in [0.29, 0.717) is 26.3 Å². The monoisotopic (exact) mass is 280 g/mol. The van der Waals surface area contributed by atoms with E-state index in [1.807, 2.05) is 0 Å². The van der Waals surface area contributed by atoms with Gasteiger partial charge < -0.3 is 9.30 Å². The molecule has 1 N–H and O–H groups in total. The summed E-state index contributed by atoms with van der Waals surface area (Å²) >= 11 is 5.85. The second-order valence-corrected chi connectivity index (χ2v) is 5.58. The van der Waals surface area contributed by atoms with Crippen molar-refractivity contribution in [1.82, 2.24) is 19.4 Å². The van der Waals surface area contributed by atoms with Crippen LogP contribution in [0, 0.1) is 0 Å². The lowest BCUT2D eigenvalue weighted by Crippen LogP contribution is -2.48. The van der Waals surface area contributed by atoms with Crippen LogP contribution in [-0.4, -0.2) is 49.3 Å². The molecular weight excluding hydrogens is 268 g/mol. The summed E-state index contributed by atoms with van der Waals surface area (Å²) in [5.41, 5.74) is 0. The SMILES string of the molecule is Cn1cnc(S(=O)(=O)NN2CCOCC2)c1Cl. The number of halogens is 1. The van der Waals surface area contributed by atoms with E-state index < -0.39 is 10.0 Å². The molecule has 0 spiro atoms. The maximum absolute atomic E-state index is 12.0. The maximum Gasteiger partial charge on any atom is 0.274 e. The average Bonchev–Trinajstić information content (AvgIpc) is 2.61. The summed E-state index contributed by atoms with van der Waals surface area (Å²) < 4.78 is 30.5. The van der Waals surface area contributed by atoms with Crippen LogP contribution in [0.25, 0.3) is 0 Å². The van der Waals surface area contributed by atoms with Crippen LogP contribution in [0.2, 0.25) is 5.15 Å². The highest BCUT2D eigenvalue weighted by atomic mass is 35.5. The van der Waals surface area contributed by atoms with Gasteiger partial charge in [-0.15, -0.1) is 4.83 Å². The third-order valence-electron chi connectivity index (χ3n) is 2.35. The van der Waals surface area contributed by atoms with Gasteiger partial charge in [0.25, 0.3) is 10.0 Å². The van der Waals surface area contributed by atoms with E-state index in [-0.39, 0.29) is 10.2 Å². The largest absolute Gasteiger partial charge is 0.379 e. The van der Waals surface area contributed by atoms with Gasteiger partial charge in [-0.2, -0.15) is 0 Å². The predicted octanol–water partition coefficient (Wildman–Crippen LogP) is -0.401. The van der Waals surface area contributed by atoms with Crippen molar-refractivity contribution >= 4 is 21.6 Å². The molecule has 1 aliphatic rings. The highest BCUT2D eigenvalue weighted by molar-refractivity contribution is 7.89. The summed E-state index contributed by atoms with van der Waals surface area (Å²) in [6.45, 7) is 2.00. The summed E-state index contributed by atoms with van der Waals surface area (Å²) in [6, 6.07) is 0. The molecule has 1 saturated heterocycles. The zero-order valence-corrected chi connectivity index (χ0v) is 10.8. The van der Waals surface area contributed by atoms with Gasteiger partial charge in [-0.3, -0.25) is 0 Å². The first-order chi connectivity index (χ1) is 8.00. The number of rotatable bonds is 3. The number of imidazole rings is 1. The summed E-state index contributed by atoms with van der Waals surface area (Å²) in [6.07, 6.45) is 1.36. The standard InChI is InChI=1S/C8H13ClN4O3S/c1-12-6-10-8(7(12)9)17(14,15)11-13-2-4-16-5-3-13/h6,11H,2-5H2,1H3. The second-order valence-electron chi connectivity index (χ2n) is 3.65. The number of aromatic nitrogens is 2. The molecule has 17 heavy (non-hydrogen) atoms. The normalized spacial score (nSPS) is 18.5. The third kappa shape index (κ3) is 2.78. The molecule has 0 atom stereocenters. The molecule has 1 aliphatic heterocycles. The Balaban J connectivity index is 2.16. The van der Waals surface area contributed by atoms with E-state index in [1.165, 1.54) is 10.9 Å². The fourth-order valence-electron chi connectivity index (χ4n) is 1.44. The van der Waals surface area contributed by atoms with Gasteiger partial charge >= 0.3 is 0 Å². The molecule has 0 saturated carbocycles. The fraction of sp³-hybridized carbons (Fsp3) is 0.625. The Kier molecular flexibility index (Phi) is 3.69. The van der Waals surface area contributed by atoms with Crippen molar-refractivity contribution in [2.75, 3.05) is 26.3 Å². The summed E-state index contributed by atoms with van der Waals surface area (Å²) in [7, 11) is -2.09. The molecule has 0 aliphatic carbocycles. The Bertz CT molecular complexity index is 495. The molecule has 0 bridgehead atoms. The number of hydrazine groups is 1. The first-order valence-corrected chi connectivity index (χ1v) is 6.89. The van der Waals surface area contributed by atoms with E-state index >= 15 is 0 Å². The third-order valence-corrected chi connectivity index (χ3v) is 4.21. The summed E-state index contributed by atoms with van der Waals surface area (Å²) in [5, 5.41) is 1.50. The van der Waals surface area contributed by atoms with Crippen LogP contribution < -0.4 is 4.83 Å². The minimum atomic E-state index is -3.71. The van der Waals surface area contributed by atoms with E-state index in [2.05, 4.69) is 9.82 Å². The number of morpholine rings is 1. The molecule has 0 radical (unpaired) electrons. The van der Waals surface area contributed by atoms with E-state index in [1.54, 1.807) is 12.1 Å². The molecule has 0 unspecified atom stereocenters. The second kappa shape index (κ2) is 4.91. The van der Waals surface area contributed by atoms with Crippen LogP contribution >= 0.6 is 11.6 Å². The molecule has 1 aromatic rings. The van der Waals surface area contributed by atoms with Gasteiger partial charge in [0, 0.05) is 20.1 Å². The molecule has 0 aromatic carbocycles. The van der Waals surface area contributed by atoms with Gasteiger partial charge in [0.05, 0.1) is 19.5 Å². The van der Waals surface area contributed by atoms with Crippen LogP contribution in [0.4, 0.5) is 0 Å². The van der Waals surface area contributed by atoms with E-state index in [4.69, 9.17) is 16.3 Å². The molecule has 0 amide bonds. The summed E-state index contributed by atoms with van der Waals surface area (Å²) in [4.78, 5) is 6.21. The Morgan fingerprint density at radius 2 is 2.12 bits per heavy atom. The number of hydrogen-bond acceptors (Lipinski definition) is 5. The van der Waals surface area contributed by atoms with Gasteiger partial charge in [0.15, 0.2) is 0 Å².